The van der Waals surface area contributed by atoms with E-state index in [0.717, 1.165) is 34.8 Å². The van der Waals surface area contributed by atoms with E-state index in [4.69, 9.17) is 21.1 Å². The van der Waals surface area contributed by atoms with Crippen molar-refractivity contribution in [1.29, 1.82) is 0 Å². The summed E-state index contributed by atoms with van der Waals surface area (Å²) in [6, 6.07) is 1.83. The standard InChI is InChI=1S/C20H23ClN4O2S/c1-13-10-14(16-11-18(21)22-12-17(16)26-2)8-9-25(13)19-23-24-20(28-19)27-15-6-4-3-5-7-15/h8,10-12,15H,3-7,9H2,1-2H3. The lowest BCUT2D eigenvalue weighted by molar-refractivity contribution is 0.153. The Balaban J connectivity index is 1.49. The molecule has 0 N–H and O–H groups in total. The van der Waals surface area contributed by atoms with Crippen molar-refractivity contribution < 1.29 is 9.47 Å². The van der Waals surface area contributed by atoms with Gasteiger partial charge in [-0.25, -0.2) is 4.98 Å². The van der Waals surface area contributed by atoms with Crippen LogP contribution in [0.5, 0.6) is 10.9 Å². The lowest BCUT2D eigenvalue weighted by atomic mass is 9.98. The number of methoxy groups -OCH3 is 1. The molecule has 1 aliphatic heterocycles. The van der Waals surface area contributed by atoms with Crippen LogP contribution in [0.15, 0.2) is 30.1 Å². The van der Waals surface area contributed by atoms with Crippen molar-refractivity contribution in [3.05, 3.63) is 40.8 Å². The van der Waals surface area contributed by atoms with Crippen LogP contribution in [0.4, 0.5) is 5.13 Å². The van der Waals surface area contributed by atoms with Crippen molar-refractivity contribution in [2.24, 2.45) is 0 Å². The SMILES string of the molecule is COc1cnc(Cl)cc1C1=CCN(c2nnc(OC3CCCCC3)s2)C(C)=C1. The molecule has 1 saturated carbocycles. The second-order valence-electron chi connectivity index (χ2n) is 6.99. The van der Waals surface area contributed by atoms with Gasteiger partial charge < -0.3 is 14.4 Å². The van der Waals surface area contributed by atoms with E-state index in [1.165, 1.54) is 30.6 Å². The van der Waals surface area contributed by atoms with Crippen molar-refractivity contribution in [3.8, 4) is 10.9 Å². The minimum absolute atomic E-state index is 0.281. The molecule has 0 radical (unpaired) electrons. The molecule has 2 aliphatic rings. The fraction of sp³-hybridized carbons (Fsp3) is 0.450. The maximum atomic E-state index is 6.08. The summed E-state index contributed by atoms with van der Waals surface area (Å²) in [5.74, 6) is 0.701. The van der Waals surface area contributed by atoms with E-state index in [1.54, 1.807) is 13.3 Å². The van der Waals surface area contributed by atoms with Crippen molar-refractivity contribution in [3.63, 3.8) is 0 Å². The van der Waals surface area contributed by atoms with Gasteiger partial charge in [0.1, 0.15) is 17.0 Å². The number of anilines is 1. The van der Waals surface area contributed by atoms with Crippen LogP contribution in [-0.2, 0) is 0 Å². The van der Waals surface area contributed by atoms with Crippen LogP contribution in [0.1, 0.15) is 44.6 Å². The maximum absolute atomic E-state index is 6.08. The topological polar surface area (TPSA) is 60.4 Å². The highest BCUT2D eigenvalue weighted by Crippen LogP contribution is 2.35. The molecule has 3 heterocycles. The number of nitrogens with zero attached hydrogens (tertiary/aromatic N) is 4. The summed E-state index contributed by atoms with van der Waals surface area (Å²) in [6.45, 7) is 2.75. The van der Waals surface area contributed by atoms with E-state index < -0.39 is 0 Å². The monoisotopic (exact) mass is 418 g/mol. The summed E-state index contributed by atoms with van der Waals surface area (Å²) in [7, 11) is 1.63. The van der Waals surface area contributed by atoms with Gasteiger partial charge in [-0.1, -0.05) is 29.2 Å². The Hall–Kier alpha value is -2.12. The molecular formula is C20H23ClN4O2S. The quantitative estimate of drug-likeness (QED) is 0.628. The molecule has 8 heteroatoms. The minimum atomic E-state index is 0.281. The first-order chi connectivity index (χ1) is 13.6. The van der Waals surface area contributed by atoms with Crippen LogP contribution in [0.3, 0.4) is 0 Å². The van der Waals surface area contributed by atoms with Gasteiger partial charge in [-0.2, -0.15) is 0 Å². The van der Waals surface area contributed by atoms with E-state index in [1.807, 2.05) is 6.07 Å². The number of halogens is 1. The van der Waals surface area contributed by atoms with Crippen molar-refractivity contribution in [2.45, 2.75) is 45.1 Å². The highest BCUT2D eigenvalue weighted by atomic mass is 35.5. The third kappa shape index (κ3) is 4.15. The second kappa shape index (κ2) is 8.49. The molecule has 1 aliphatic carbocycles. The number of rotatable bonds is 5. The van der Waals surface area contributed by atoms with Gasteiger partial charge >= 0.3 is 0 Å². The third-order valence-corrected chi connectivity index (χ3v) is 6.14. The van der Waals surface area contributed by atoms with Crippen LogP contribution in [0.25, 0.3) is 5.57 Å². The van der Waals surface area contributed by atoms with Gasteiger partial charge in [-0.05, 0) is 61.7 Å². The van der Waals surface area contributed by atoms with Gasteiger partial charge in [-0.3, -0.25) is 0 Å². The maximum Gasteiger partial charge on any atom is 0.296 e. The van der Waals surface area contributed by atoms with Crippen LogP contribution in [-0.4, -0.2) is 34.9 Å². The van der Waals surface area contributed by atoms with E-state index in [9.17, 15) is 0 Å². The molecule has 0 aromatic carbocycles. The Kier molecular flexibility index (Phi) is 5.82. The number of hydrogen-bond donors (Lipinski definition) is 0. The highest BCUT2D eigenvalue weighted by molar-refractivity contribution is 7.17. The molecule has 6 nitrogen and oxygen atoms in total. The first-order valence-electron chi connectivity index (χ1n) is 9.50. The van der Waals surface area contributed by atoms with Gasteiger partial charge in [0, 0.05) is 17.8 Å². The van der Waals surface area contributed by atoms with E-state index in [2.05, 4.69) is 39.2 Å². The first-order valence-corrected chi connectivity index (χ1v) is 10.7. The van der Waals surface area contributed by atoms with Crippen molar-refractivity contribution in [2.75, 3.05) is 18.6 Å². The van der Waals surface area contributed by atoms with Gasteiger partial charge in [-0.15, -0.1) is 5.10 Å². The largest absolute Gasteiger partial charge is 0.494 e. The molecule has 2 aromatic rings. The molecule has 4 rings (SSSR count). The zero-order chi connectivity index (χ0) is 19.5. The fourth-order valence-electron chi connectivity index (χ4n) is 3.60. The number of hydrogen-bond acceptors (Lipinski definition) is 7. The molecule has 1 fully saturated rings. The van der Waals surface area contributed by atoms with Crippen LogP contribution >= 0.6 is 22.9 Å². The normalized spacial score (nSPS) is 17.9. The van der Waals surface area contributed by atoms with Crippen molar-refractivity contribution >= 4 is 33.6 Å². The summed E-state index contributed by atoms with van der Waals surface area (Å²) >= 11 is 7.58. The molecule has 0 spiro atoms. The van der Waals surface area contributed by atoms with Crippen molar-refractivity contribution in [1.82, 2.24) is 15.2 Å². The molecule has 28 heavy (non-hydrogen) atoms. The minimum Gasteiger partial charge on any atom is -0.494 e. The zero-order valence-electron chi connectivity index (χ0n) is 16.0. The average Bonchev–Trinajstić information content (AvgIpc) is 3.16. The number of pyridine rings is 1. The van der Waals surface area contributed by atoms with Gasteiger partial charge in [0.2, 0.25) is 5.13 Å². The van der Waals surface area contributed by atoms with Crippen LogP contribution in [0, 0.1) is 0 Å². The first kappa shape index (κ1) is 19.2. The molecule has 2 aromatic heterocycles. The molecular weight excluding hydrogens is 396 g/mol. The Morgan fingerprint density at radius 1 is 1.21 bits per heavy atom. The zero-order valence-corrected chi connectivity index (χ0v) is 17.6. The van der Waals surface area contributed by atoms with Gasteiger partial charge in [0.25, 0.3) is 5.19 Å². The Labute approximate surface area is 173 Å². The lowest BCUT2D eigenvalue weighted by Gasteiger charge is -2.25. The number of allylic oxidation sites excluding steroid dienone is 3. The van der Waals surface area contributed by atoms with E-state index >= 15 is 0 Å². The second-order valence-corrected chi connectivity index (χ2v) is 8.30. The summed E-state index contributed by atoms with van der Waals surface area (Å²) in [5, 5.41) is 10.5. The summed E-state index contributed by atoms with van der Waals surface area (Å²) in [4.78, 5) is 6.22. The van der Waals surface area contributed by atoms with Crippen LogP contribution in [0.2, 0.25) is 5.15 Å². The Bertz CT molecular complexity index is 905. The number of ether oxygens (including phenoxy) is 2. The van der Waals surface area contributed by atoms with E-state index in [0.29, 0.717) is 22.6 Å². The summed E-state index contributed by atoms with van der Waals surface area (Å²) < 4.78 is 11.5. The molecule has 148 valence electrons. The van der Waals surface area contributed by atoms with Crippen LogP contribution < -0.4 is 14.4 Å². The molecule has 0 bridgehead atoms. The average molecular weight is 419 g/mol. The van der Waals surface area contributed by atoms with Gasteiger partial charge in [0.15, 0.2) is 0 Å². The summed E-state index contributed by atoms with van der Waals surface area (Å²) in [5.41, 5.74) is 3.06. The summed E-state index contributed by atoms with van der Waals surface area (Å²) in [6.07, 6.45) is 12.2. The molecule has 0 amide bonds. The number of aromatic nitrogens is 3. The van der Waals surface area contributed by atoms with Gasteiger partial charge in [0.05, 0.1) is 13.3 Å². The molecule has 0 saturated heterocycles. The Morgan fingerprint density at radius 3 is 2.79 bits per heavy atom. The predicted molar refractivity (Wildman–Crippen MR) is 112 cm³/mol. The predicted octanol–water partition coefficient (Wildman–Crippen LogP) is 5.11. The fourth-order valence-corrected chi connectivity index (χ4v) is 4.59. The third-order valence-electron chi connectivity index (χ3n) is 5.10. The smallest absolute Gasteiger partial charge is 0.296 e. The highest BCUT2D eigenvalue weighted by Gasteiger charge is 2.22. The van der Waals surface area contributed by atoms with E-state index in [-0.39, 0.29) is 6.10 Å². The molecule has 0 atom stereocenters. The molecule has 0 unspecified atom stereocenters. The lowest BCUT2D eigenvalue weighted by Crippen LogP contribution is -2.23. The Morgan fingerprint density at radius 2 is 2.04 bits per heavy atom.